The predicted octanol–water partition coefficient (Wildman–Crippen LogP) is 6.02. The van der Waals surface area contributed by atoms with Crippen molar-refractivity contribution in [3.63, 3.8) is 0 Å². The van der Waals surface area contributed by atoms with E-state index in [1.165, 1.54) is 11.8 Å². The summed E-state index contributed by atoms with van der Waals surface area (Å²) < 4.78 is 14.0. The maximum Gasteiger partial charge on any atom is 0.266 e. The first-order chi connectivity index (χ1) is 17.5. The standard InChI is InChI=1S/C28H29N3O3S2/c1-3-13-34-24-12-11-20(15-19(24)2)26-21(17-31(29-26)22-8-5-4-6-9-22)16-25-27(32)30(28(35)36-25)18-23-10-7-14-33-23/h4-6,8-9,11-12,15-17,23H,3,7,10,13-14,18H2,1-2H3/b25-16-/t23-/m0/s1. The number of amides is 1. The van der Waals surface area contributed by atoms with Crippen LogP contribution in [0.1, 0.15) is 37.3 Å². The first-order valence-electron chi connectivity index (χ1n) is 12.3. The molecule has 5 rings (SSSR count). The van der Waals surface area contributed by atoms with Gasteiger partial charge in [0.05, 0.1) is 29.8 Å². The summed E-state index contributed by atoms with van der Waals surface area (Å²) in [5.41, 5.74) is 4.62. The SMILES string of the molecule is CCCOc1ccc(-c2nn(-c3ccccc3)cc2/C=C2\SC(=S)N(C[C@@H]3CCCO3)C2=O)cc1C. The molecule has 36 heavy (non-hydrogen) atoms. The lowest BCUT2D eigenvalue weighted by atomic mass is 10.0. The van der Waals surface area contributed by atoms with Gasteiger partial charge in [0.2, 0.25) is 0 Å². The molecule has 0 saturated carbocycles. The number of carbonyl (C=O) groups excluding carboxylic acids is 1. The number of ether oxygens (including phenoxy) is 2. The Morgan fingerprint density at radius 2 is 2.08 bits per heavy atom. The number of thioether (sulfide) groups is 1. The van der Waals surface area contributed by atoms with E-state index in [9.17, 15) is 4.79 Å². The minimum atomic E-state index is -0.0709. The molecule has 0 bridgehead atoms. The normalized spacial score (nSPS) is 19.0. The lowest BCUT2D eigenvalue weighted by Crippen LogP contribution is -2.35. The summed E-state index contributed by atoms with van der Waals surface area (Å²) in [6.07, 6.45) is 6.87. The minimum Gasteiger partial charge on any atom is -0.493 e. The molecular formula is C28H29N3O3S2. The Kier molecular flexibility index (Phi) is 7.55. The number of thiocarbonyl (C=S) groups is 1. The Morgan fingerprint density at radius 3 is 2.81 bits per heavy atom. The third-order valence-corrected chi connectivity index (χ3v) is 7.62. The molecule has 0 aliphatic carbocycles. The molecule has 6 nitrogen and oxygen atoms in total. The Morgan fingerprint density at radius 1 is 1.25 bits per heavy atom. The molecule has 2 aromatic carbocycles. The Bertz CT molecular complexity index is 1300. The molecule has 1 atom stereocenters. The predicted molar refractivity (Wildman–Crippen MR) is 148 cm³/mol. The molecule has 0 N–H and O–H groups in total. The maximum atomic E-state index is 13.3. The van der Waals surface area contributed by atoms with Crippen molar-refractivity contribution in [3.8, 4) is 22.7 Å². The zero-order chi connectivity index (χ0) is 25.1. The molecule has 3 aromatic rings. The quantitative estimate of drug-likeness (QED) is 0.268. The van der Waals surface area contributed by atoms with Crippen LogP contribution in [0.15, 0.2) is 59.6 Å². The van der Waals surface area contributed by atoms with Crippen LogP contribution in [0.4, 0.5) is 0 Å². The molecule has 186 valence electrons. The lowest BCUT2D eigenvalue weighted by molar-refractivity contribution is -0.123. The molecule has 1 amide bonds. The largest absolute Gasteiger partial charge is 0.493 e. The van der Waals surface area contributed by atoms with Gasteiger partial charge in [-0.15, -0.1) is 0 Å². The zero-order valence-electron chi connectivity index (χ0n) is 20.5. The first-order valence-corrected chi connectivity index (χ1v) is 13.5. The zero-order valence-corrected chi connectivity index (χ0v) is 22.1. The van der Waals surface area contributed by atoms with Crippen LogP contribution in [0.25, 0.3) is 23.0 Å². The number of aryl methyl sites for hydroxylation is 1. The van der Waals surface area contributed by atoms with Crippen LogP contribution in [0.2, 0.25) is 0 Å². The number of hydrogen-bond donors (Lipinski definition) is 0. The second kappa shape index (κ2) is 11.0. The van der Waals surface area contributed by atoms with Crippen molar-refractivity contribution in [1.82, 2.24) is 14.7 Å². The number of hydrogen-bond acceptors (Lipinski definition) is 6. The van der Waals surface area contributed by atoms with Crippen LogP contribution in [0.3, 0.4) is 0 Å². The van der Waals surface area contributed by atoms with Gasteiger partial charge in [0, 0.05) is 23.9 Å². The van der Waals surface area contributed by atoms with Gasteiger partial charge in [-0.05, 0) is 68.2 Å². The Labute approximate surface area is 221 Å². The van der Waals surface area contributed by atoms with Gasteiger partial charge >= 0.3 is 0 Å². The Balaban J connectivity index is 1.50. The highest BCUT2D eigenvalue weighted by atomic mass is 32.2. The highest BCUT2D eigenvalue weighted by Gasteiger charge is 2.35. The van der Waals surface area contributed by atoms with Gasteiger partial charge in [-0.1, -0.05) is 49.1 Å². The maximum absolute atomic E-state index is 13.3. The Hall–Kier alpha value is -2.94. The van der Waals surface area contributed by atoms with Crippen molar-refractivity contribution in [3.05, 3.63) is 70.8 Å². The molecule has 2 aliphatic rings. The summed E-state index contributed by atoms with van der Waals surface area (Å²) in [7, 11) is 0. The van der Waals surface area contributed by atoms with Gasteiger partial charge in [-0.2, -0.15) is 5.10 Å². The van der Waals surface area contributed by atoms with E-state index < -0.39 is 0 Å². The fraction of sp³-hybridized carbons (Fsp3) is 0.321. The molecular weight excluding hydrogens is 490 g/mol. The molecule has 3 heterocycles. The van der Waals surface area contributed by atoms with E-state index in [4.69, 9.17) is 26.8 Å². The van der Waals surface area contributed by atoms with Crippen LogP contribution < -0.4 is 4.74 Å². The summed E-state index contributed by atoms with van der Waals surface area (Å²) in [5.74, 6) is 0.804. The summed E-state index contributed by atoms with van der Waals surface area (Å²) >= 11 is 6.90. The number of nitrogens with zero attached hydrogens (tertiary/aromatic N) is 3. The van der Waals surface area contributed by atoms with Gasteiger partial charge < -0.3 is 9.47 Å². The average molecular weight is 520 g/mol. The van der Waals surface area contributed by atoms with Crippen LogP contribution in [0, 0.1) is 6.92 Å². The summed E-state index contributed by atoms with van der Waals surface area (Å²) in [5, 5.41) is 4.92. The van der Waals surface area contributed by atoms with E-state index in [0.717, 1.165) is 59.7 Å². The average Bonchev–Trinajstić information content (AvgIpc) is 3.61. The van der Waals surface area contributed by atoms with Crippen LogP contribution in [0.5, 0.6) is 5.75 Å². The van der Waals surface area contributed by atoms with E-state index in [0.29, 0.717) is 22.4 Å². The second-order valence-electron chi connectivity index (χ2n) is 8.97. The van der Waals surface area contributed by atoms with Gasteiger partial charge in [0.15, 0.2) is 0 Å². The van der Waals surface area contributed by atoms with Gasteiger partial charge in [0.25, 0.3) is 5.91 Å². The fourth-order valence-corrected chi connectivity index (χ4v) is 5.66. The number of carbonyl (C=O) groups is 1. The molecule has 0 unspecified atom stereocenters. The first kappa shape index (κ1) is 24.7. The monoisotopic (exact) mass is 519 g/mol. The minimum absolute atomic E-state index is 0.0552. The molecule has 2 fully saturated rings. The summed E-state index contributed by atoms with van der Waals surface area (Å²) in [4.78, 5) is 15.6. The third kappa shape index (κ3) is 5.26. The highest BCUT2D eigenvalue weighted by molar-refractivity contribution is 8.26. The number of benzene rings is 2. The fourth-order valence-electron chi connectivity index (χ4n) is 4.39. The smallest absolute Gasteiger partial charge is 0.266 e. The molecule has 0 spiro atoms. The topological polar surface area (TPSA) is 56.6 Å². The van der Waals surface area contributed by atoms with E-state index in [1.807, 2.05) is 66.3 Å². The molecule has 0 radical (unpaired) electrons. The third-order valence-electron chi connectivity index (χ3n) is 6.24. The van der Waals surface area contributed by atoms with Crippen LogP contribution >= 0.6 is 24.0 Å². The second-order valence-corrected chi connectivity index (χ2v) is 10.6. The van der Waals surface area contributed by atoms with Crippen molar-refractivity contribution in [2.24, 2.45) is 0 Å². The van der Waals surface area contributed by atoms with E-state index in [-0.39, 0.29) is 12.0 Å². The summed E-state index contributed by atoms with van der Waals surface area (Å²) in [6.45, 7) is 6.07. The van der Waals surface area contributed by atoms with Gasteiger partial charge in [-0.25, -0.2) is 4.68 Å². The number of para-hydroxylation sites is 1. The molecule has 2 aliphatic heterocycles. The van der Waals surface area contributed by atoms with Crippen molar-refractivity contribution >= 4 is 40.3 Å². The van der Waals surface area contributed by atoms with Crippen molar-refractivity contribution in [1.29, 1.82) is 0 Å². The van der Waals surface area contributed by atoms with Crippen molar-refractivity contribution in [2.75, 3.05) is 19.8 Å². The molecule has 1 aromatic heterocycles. The summed E-state index contributed by atoms with van der Waals surface area (Å²) in [6, 6.07) is 16.1. The molecule has 8 heteroatoms. The molecule has 2 saturated heterocycles. The van der Waals surface area contributed by atoms with Gasteiger partial charge in [-0.3, -0.25) is 9.69 Å². The number of aromatic nitrogens is 2. The van der Waals surface area contributed by atoms with Gasteiger partial charge in [0.1, 0.15) is 15.8 Å². The van der Waals surface area contributed by atoms with E-state index in [1.54, 1.807) is 4.90 Å². The van der Waals surface area contributed by atoms with Crippen molar-refractivity contribution < 1.29 is 14.3 Å². The van der Waals surface area contributed by atoms with Crippen LogP contribution in [-0.4, -0.2) is 50.8 Å². The lowest BCUT2D eigenvalue weighted by Gasteiger charge is -2.18. The number of rotatable bonds is 8. The van der Waals surface area contributed by atoms with E-state index in [2.05, 4.69) is 13.0 Å². The highest BCUT2D eigenvalue weighted by Crippen LogP contribution is 2.36. The van der Waals surface area contributed by atoms with Crippen LogP contribution in [-0.2, 0) is 9.53 Å². The van der Waals surface area contributed by atoms with E-state index >= 15 is 0 Å². The van der Waals surface area contributed by atoms with Crippen molar-refractivity contribution in [2.45, 2.75) is 39.2 Å².